The van der Waals surface area contributed by atoms with Crippen molar-refractivity contribution in [2.45, 2.75) is 44.6 Å². The Balaban J connectivity index is 2.13. The largest absolute Gasteiger partial charge is 0.380 e. The molecule has 2 nitrogen and oxygen atoms in total. The Kier molecular flexibility index (Phi) is 3.59. The standard InChI is InChI=1S/C14H17ClN2/c1-14(7-3-2-4-8-14)17-12-6-5-11(10-16)13(15)9-12/h5-6,9,17H,2-4,7-8H2,1H3. The van der Waals surface area contributed by atoms with E-state index in [2.05, 4.69) is 18.3 Å². The van der Waals surface area contributed by atoms with Crippen LogP contribution in [0.15, 0.2) is 18.2 Å². The summed E-state index contributed by atoms with van der Waals surface area (Å²) in [7, 11) is 0. The van der Waals surface area contributed by atoms with E-state index in [9.17, 15) is 0 Å². The molecule has 0 bridgehead atoms. The van der Waals surface area contributed by atoms with E-state index >= 15 is 0 Å². The third-order valence-corrected chi connectivity index (χ3v) is 3.81. The molecule has 0 unspecified atom stereocenters. The molecule has 1 saturated carbocycles. The lowest BCUT2D eigenvalue weighted by atomic mass is 9.83. The van der Waals surface area contributed by atoms with Gasteiger partial charge in [-0.05, 0) is 38.0 Å². The van der Waals surface area contributed by atoms with Crippen LogP contribution in [0.3, 0.4) is 0 Å². The van der Waals surface area contributed by atoms with Crippen LogP contribution in [0.4, 0.5) is 5.69 Å². The van der Waals surface area contributed by atoms with E-state index in [0.29, 0.717) is 10.6 Å². The van der Waals surface area contributed by atoms with Gasteiger partial charge in [0.25, 0.3) is 0 Å². The van der Waals surface area contributed by atoms with Crippen LogP contribution in [0.25, 0.3) is 0 Å². The van der Waals surface area contributed by atoms with Gasteiger partial charge in [-0.1, -0.05) is 30.9 Å². The molecule has 1 aliphatic rings. The number of hydrogen-bond donors (Lipinski definition) is 1. The zero-order chi connectivity index (χ0) is 12.3. The van der Waals surface area contributed by atoms with Gasteiger partial charge in [0.05, 0.1) is 10.6 Å². The molecular weight excluding hydrogens is 232 g/mol. The maximum atomic E-state index is 8.83. The van der Waals surface area contributed by atoms with Crippen molar-refractivity contribution >= 4 is 17.3 Å². The molecular formula is C14H17ClN2. The number of nitrogens with one attached hydrogen (secondary N) is 1. The van der Waals surface area contributed by atoms with Gasteiger partial charge in [-0.3, -0.25) is 0 Å². The van der Waals surface area contributed by atoms with E-state index in [1.807, 2.05) is 12.1 Å². The van der Waals surface area contributed by atoms with Gasteiger partial charge >= 0.3 is 0 Å². The molecule has 0 heterocycles. The summed E-state index contributed by atoms with van der Waals surface area (Å²) in [6, 6.07) is 7.63. The topological polar surface area (TPSA) is 35.8 Å². The third-order valence-electron chi connectivity index (χ3n) is 3.49. The average molecular weight is 249 g/mol. The van der Waals surface area contributed by atoms with Crippen molar-refractivity contribution in [3.8, 4) is 6.07 Å². The van der Waals surface area contributed by atoms with E-state index in [-0.39, 0.29) is 5.54 Å². The van der Waals surface area contributed by atoms with Gasteiger partial charge in [-0.15, -0.1) is 0 Å². The van der Waals surface area contributed by atoms with E-state index in [4.69, 9.17) is 16.9 Å². The molecule has 90 valence electrons. The second-order valence-corrected chi connectivity index (χ2v) is 5.46. The van der Waals surface area contributed by atoms with Crippen LogP contribution >= 0.6 is 11.6 Å². The first-order valence-corrected chi connectivity index (χ1v) is 6.49. The molecule has 2 rings (SSSR count). The molecule has 0 aliphatic heterocycles. The summed E-state index contributed by atoms with van der Waals surface area (Å²) in [4.78, 5) is 0. The third kappa shape index (κ3) is 2.92. The number of halogens is 1. The second kappa shape index (κ2) is 4.98. The van der Waals surface area contributed by atoms with Crippen LogP contribution in [0.2, 0.25) is 5.02 Å². The quantitative estimate of drug-likeness (QED) is 0.845. The van der Waals surface area contributed by atoms with Crippen molar-refractivity contribution in [1.82, 2.24) is 0 Å². The number of nitriles is 1. The van der Waals surface area contributed by atoms with Crippen molar-refractivity contribution in [2.24, 2.45) is 0 Å². The Morgan fingerprint density at radius 2 is 2.00 bits per heavy atom. The van der Waals surface area contributed by atoms with E-state index in [0.717, 1.165) is 5.69 Å². The summed E-state index contributed by atoms with van der Waals surface area (Å²) in [6.45, 7) is 2.26. The molecule has 0 radical (unpaired) electrons. The van der Waals surface area contributed by atoms with Crippen LogP contribution in [0, 0.1) is 11.3 Å². The van der Waals surface area contributed by atoms with E-state index in [1.54, 1.807) is 6.07 Å². The minimum atomic E-state index is 0.176. The van der Waals surface area contributed by atoms with Crippen LogP contribution in [-0.4, -0.2) is 5.54 Å². The van der Waals surface area contributed by atoms with Crippen LogP contribution < -0.4 is 5.32 Å². The molecule has 1 aromatic rings. The highest BCUT2D eigenvalue weighted by Crippen LogP contribution is 2.32. The number of nitrogens with zero attached hydrogens (tertiary/aromatic N) is 1. The number of rotatable bonds is 2. The van der Waals surface area contributed by atoms with Crippen LogP contribution in [0.5, 0.6) is 0 Å². The predicted octanol–water partition coefficient (Wildman–Crippen LogP) is 4.35. The molecule has 1 aliphatic carbocycles. The summed E-state index contributed by atoms with van der Waals surface area (Å²) in [5.74, 6) is 0. The smallest absolute Gasteiger partial charge is 0.101 e. The minimum Gasteiger partial charge on any atom is -0.380 e. The summed E-state index contributed by atoms with van der Waals surface area (Å²) in [5, 5.41) is 12.9. The fourth-order valence-corrected chi connectivity index (χ4v) is 2.71. The lowest BCUT2D eigenvalue weighted by Crippen LogP contribution is -2.36. The van der Waals surface area contributed by atoms with Crippen molar-refractivity contribution < 1.29 is 0 Å². The molecule has 0 saturated heterocycles. The lowest BCUT2D eigenvalue weighted by molar-refractivity contribution is 0.349. The SMILES string of the molecule is CC1(Nc2ccc(C#N)c(Cl)c2)CCCCC1. The monoisotopic (exact) mass is 248 g/mol. The van der Waals surface area contributed by atoms with Gasteiger partial charge in [-0.2, -0.15) is 5.26 Å². The Morgan fingerprint density at radius 3 is 2.59 bits per heavy atom. The van der Waals surface area contributed by atoms with Crippen LogP contribution in [0.1, 0.15) is 44.6 Å². The molecule has 1 N–H and O–H groups in total. The lowest BCUT2D eigenvalue weighted by Gasteiger charge is -2.35. The Bertz CT molecular complexity index is 442. The highest BCUT2D eigenvalue weighted by atomic mass is 35.5. The predicted molar refractivity (Wildman–Crippen MR) is 71.3 cm³/mol. The van der Waals surface area contributed by atoms with Crippen molar-refractivity contribution in [3.63, 3.8) is 0 Å². The summed E-state index contributed by atoms with van der Waals surface area (Å²) in [6.07, 6.45) is 6.31. The Morgan fingerprint density at radius 1 is 1.29 bits per heavy atom. The molecule has 0 amide bonds. The molecule has 1 aromatic carbocycles. The van der Waals surface area contributed by atoms with Crippen molar-refractivity contribution in [2.75, 3.05) is 5.32 Å². The maximum Gasteiger partial charge on any atom is 0.101 e. The zero-order valence-corrected chi connectivity index (χ0v) is 10.8. The zero-order valence-electron chi connectivity index (χ0n) is 10.1. The molecule has 1 fully saturated rings. The van der Waals surface area contributed by atoms with E-state index < -0.39 is 0 Å². The molecule has 0 atom stereocenters. The summed E-state index contributed by atoms with van der Waals surface area (Å²) >= 11 is 6.03. The maximum absolute atomic E-state index is 8.83. The number of benzene rings is 1. The second-order valence-electron chi connectivity index (χ2n) is 5.05. The van der Waals surface area contributed by atoms with Gasteiger partial charge in [0, 0.05) is 11.2 Å². The first kappa shape index (κ1) is 12.3. The van der Waals surface area contributed by atoms with E-state index in [1.165, 1.54) is 32.1 Å². The first-order valence-electron chi connectivity index (χ1n) is 6.11. The van der Waals surface area contributed by atoms with Gasteiger partial charge in [0.1, 0.15) is 6.07 Å². The normalized spacial score (nSPS) is 18.4. The van der Waals surface area contributed by atoms with Gasteiger partial charge in [0.15, 0.2) is 0 Å². The molecule has 0 spiro atoms. The average Bonchev–Trinajstić information content (AvgIpc) is 2.29. The summed E-state index contributed by atoms with van der Waals surface area (Å²) in [5.41, 5.74) is 1.72. The van der Waals surface area contributed by atoms with Crippen molar-refractivity contribution in [3.05, 3.63) is 28.8 Å². The van der Waals surface area contributed by atoms with Crippen molar-refractivity contribution in [1.29, 1.82) is 5.26 Å². The van der Waals surface area contributed by atoms with Gasteiger partial charge in [-0.25, -0.2) is 0 Å². The highest BCUT2D eigenvalue weighted by Gasteiger charge is 2.26. The number of anilines is 1. The van der Waals surface area contributed by atoms with Gasteiger partial charge < -0.3 is 5.32 Å². The first-order chi connectivity index (χ1) is 8.13. The molecule has 17 heavy (non-hydrogen) atoms. The Hall–Kier alpha value is -1.20. The van der Waals surface area contributed by atoms with Crippen LogP contribution in [-0.2, 0) is 0 Å². The fourth-order valence-electron chi connectivity index (χ4n) is 2.49. The Labute approximate surface area is 108 Å². The fraction of sp³-hybridized carbons (Fsp3) is 0.500. The molecule has 0 aromatic heterocycles. The minimum absolute atomic E-state index is 0.176. The number of hydrogen-bond acceptors (Lipinski definition) is 2. The van der Waals surface area contributed by atoms with Gasteiger partial charge in [0.2, 0.25) is 0 Å². The highest BCUT2D eigenvalue weighted by molar-refractivity contribution is 6.32. The summed E-state index contributed by atoms with van der Waals surface area (Å²) < 4.78 is 0. The molecule has 3 heteroatoms.